The largest absolute Gasteiger partial charge is 0.327 e. The van der Waals surface area contributed by atoms with Crippen LogP contribution in [-0.2, 0) is 6.42 Å². The zero-order chi connectivity index (χ0) is 10.8. The van der Waals surface area contributed by atoms with E-state index in [1.165, 1.54) is 18.9 Å². The summed E-state index contributed by atoms with van der Waals surface area (Å²) >= 11 is 5.86. The molecule has 82 valence electrons. The van der Waals surface area contributed by atoms with E-state index in [1.54, 1.807) is 6.07 Å². The fourth-order valence-corrected chi connectivity index (χ4v) is 2.04. The van der Waals surface area contributed by atoms with E-state index in [0.29, 0.717) is 5.92 Å². The second-order valence-electron chi connectivity index (χ2n) is 4.25. The first-order valence-corrected chi connectivity index (χ1v) is 5.74. The molecule has 0 aliphatic heterocycles. The SMILES string of the molecule is NC(CCc1cccc(F)c1Cl)C1CC1. The number of halogens is 2. The van der Waals surface area contributed by atoms with Crippen molar-refractivity contribution in [3.63, 3.8) is 0 Å². The highest BCUT2D eigenvalue weighted by atomic mass is 35.5. The predicted octanol–water partition coefficient (Wildman–Crippen LogP) is 3.15. The molecule has 0 saturated heterocycles. The molecule has 1 aliphatic rings. The van der Waals surface area contributed by atoms with Crippen molar-refractivity contribution in [2.75, 3.05) is 0 Å². The topological polar surface area (TPSA) is 26.0 Å². The zero-order valence-corrected chi connectivity index (χ0v) is 9.30. The summed E-state index contributed by atoms with van der Waals surface area (Å²) in [6, 6.07) is 5.20. The molecule has 0 amide bonds. The van der Waals surface area contributed by atoms with Crippen molar-refractivity contribution >= 4 is 11.6 Å². The second-order valence-corrected chi connectivity index (χ2v) is 4.63. The van der Waals surface area contributed by atoms with E-state index in [4.69, 9.17) is 17.3 Å². The van der Waals surface area contributed by atoms with Gasteiger partial charge in [-0.15, -0.1) is 0 Å². The van der Waals surface area contributed by atoms with Gasteiger partial charge in [-0.3, -0.25) is 0 Å². The van der Waals surface area contributed by atoms with Crippen molar-refractivity contribution in [1.29, 1.82) is 0 Å². The van der Waals surface area contributed by atoms with E-state index in [-0.39, 0.29) is 16.9 Å². The Morgan fingerprint density at radius 1 is 1.47 bits per heavy atom. The Morgan fingerprint density at radius 2 is 2.20 bits per heavy atom. The highest BCUT2D eigenvalue weighted by molar-refractivity contribution is 6.31. The van der Waals surface area contributed by atoms with Gasteiger partial charge in [-0.1, -0.05) is 23.7 Å². The minimum Gasteiger partial charge on any atom is -0.327 e. The molecular formula is C12H15ClFN. The Hall–Kier alpha value is -0.600. The van der Waals surface area contributed by atoms with Gasteiger partial charge in [-0.2, -0.15) is 0 Å². The monoisotopic (exact) mass is 227 g/mol. The predicted molar refractivity (Wildman–Crippen MR) is 60.4 cm³/mol. The van der Waals surface area contributed by atoms with Crippen LogP contribution in [0.25, 0.3) is 0 Å². The molecule has 1 fully saturated rings. The molecule has 2 N–H and O–H groups in total. The first-order valence-electron chi connectivity index (χ1n) is 5.37. The lowest BCUT2D eigenvalue weighted by molar-refractivity contribution is 0.548. The second kappa shape index (κ2) is 4.50. The fourth-order valence-electron chi connectivity index (χ4n) is 1.82. The maximum atomic E-state index is 13.1. The Morgan fingerprint density at radius 3 is 2.87 bits per heavy atom. The van der Waals surface area contributed by atoms with Crippen molar-refractivity contribution in [3.05, 3.63) is 34.6 Å². The minimum atomic E-state index is -0.339. The van der Waals surface area contributed by atoms with Crippen LogP contribution in [-0.4, -0.2) is 6.04 Å². The summed E-state index contributed by atoms with van der Waals surface area (Å²) < 4.78 is 13.1. The highest BCUT2D eigenvalue weighted by Gasteiger charge is 2.28. The maximum absolute atomic E-state index is 13.1. The third kappa shape index (κ3) is 2.70. The van der Waals surface area contributed by atoms with Gasteiger partial charge in [0.1, 0.15) is 5.82 Å². The van der Waals surface area contributed by atoms with Crippen molar-refractivity contribution in [2.24, 2.45) is 11.7 Å². The molecule has 1 aromatic rings. The Balaban J connectivity index is 1.95. The maximum Gasteiger partial charge on any atom is 0.142 e. The van der Waals surface area contributed by atoms with Gasteiger partial charge >= 0.3 is 0 Å². The lowest BCUT2D eigenvalue weighted by Gasteiger charge is -2.10. The normalized spacial score (nSPS) is 17.8. The number of hydrogen-bond donors (Lipinski definition) is 1. The molecule has 0 radical (unpaired) electrons. The third-order valence-electron chi connectivity index (χ3n) is 3.01. The van der Waals surface area contributed by atoms with Crippen molar-refractivity contribution in [3.8, 4) is 0 Å². The lowest BCUT2D eigenvalue weighted by Crippen LogP contribution is -2.22. The standard InChI is InChI=1S/C12H15ClFN/c13-12-9(2-1-3-10(12)14)6-7-11(15)8-4-5-8/h1-3,8,11H,4-7,15H2. The Kier molecular flexibility index (Phi) is 3.27. The van der Waals surface area contributed by atoms with Gasteiger partial charge < -0.3 is 5.73 Å². The number of rotatable bonds is 4. The molecule has 0 aromatic heterocycles. The van der Waals surface area contributed by atoms with Crippen LogP contribution in [0.1, 0.15) is 24.8 Å². The smallest absolute Gasteiger partial charge is 0.142 e. The summed E-state index contributed by atoms with van der Waals surface area (Å²) in [5.41, 5.74) is 6.85. The van der Waals surface area contributed by atoms with E-state index in [0.717, 1.165) is 18.4 Å². The molecule has 2 rings (SSSR count). The number of aryl methyl sites for hydroxylation is 1. The van der Waals surface area contributed by atoms with Gasteiger partial charge in [0, 0.05) is 6.04 Å². The molecule has 15 heavy (non-hydrogen) atoms. The average Bonchev–Trinajstić information content (AvgIpc) is 3.03. The molecule has 3 heteroatoms. The third-order valence-corrected chi connectivity index (χ3v) is 3.43. The van der Waals surface area contributed by atoms with Crippen molar-refractivity contribution < 1.29 is 4.39 Å². The molecular weight excluding hydrogens is 213 g/mol. The number of benzene rings is 1. The lowest BCUT2D eigenvalue weighted by atomic mass is 10.0. The summed E-state index contributed by atoms with van der Waals surface area (Å²) in [6.07, 6.45) is 4.16. The summed E-state index contributed by atoms with van der Waals surface area (Å²) in [5.74, 6) is 0.353. The molecule has 0 heterocycles. The van der Waals surface area contributed by atoms with Crippen LogP contribution in [0.2, 0.25) is 5.02 Å². The van der Waals surface area contributed by atoms with Crippen LogP contribution in [0.4, 0.5) is 4.39 Å². The van der Waals surface area contributed by atoms with Crippen molar-refractivity contribution in [1.82, 2.24) is 0 Å². The van der Waals surface area contributed by atoms with E-state index < -0.39 is 0 Å². The number of nitrogens with two attached hydrogens (primary N) is 1. The minimum absolute atomic E-state index is 0.250. The van der Waals surface area contributed by atoms with E-state index in [1.807, 2.05) is 6.07 Å². The molecule has 1 saturated carbocycles. The Labute approximate surface area is 94.4 Å². The van der Waals surface area contributed by atoms with Gasteiger partial charge in [0.15, 0.2) is 0 Å². The molecule has 1 nitrogen and oxygen atoms in total. The van der Waals surface area contributed by atoms with Gasteiger partial charge in [0.05, 0.1) is 5.02 Å². The summed E-state index contributed by atoms with van der Waals surface area (Å²) in [4.78, 5) is 0. The van der Waals surface area contributed by atoms with Gasteiger partial charge in [0.2, 0.25) is 0 Å². The molecule has 0 spiro atoms. The van der Waals surface area contributed by atoms with Crippen LogP contribution >= 0.6 is 11.6 Å². The summed E-state index contributed by atoms with van der Waals surface area (Å²) in [6.45, 7) is 0. The van der Waals surface area contributed by atoms with Crippen LogP contribution in [0.15, 0.2) is 18.2 Å². The molecule has 1 aliphatic carbocycles. The van der Waals surface area contributed by atoms with Crippen LogP contribution in [0.3, 0.4) is 0 Å². The van der Waals surface area contributed by atoms with Crippen LogP contribution < -0.4 is 5.73 Å². The Bertz CT molecular complexity index is 349. The number of hydrogen-bond acceptors (Lipinski definition) is 1. The molecule has 1 atom stereocenters. The molecule has 0 bridgehead atoms. The molecule has 1 unspecified atom stereocenters. The fraction of sp³-hybridized carbons (Fsp3) is 0.500. The highest BCUT2D eigenvalue weighted by Crippen LogP contribution is 2.33. The van der Waals surface area contributed by atoms with E-state index in [9.17, 15) is 4.39 Å². The van der Waals surface area contributed by atoms with E-state index >= 15 is 0 Å². The average molecular weight is 228 g/mol. The van der Waals surface area contributed by atoms with E-state index in [2.05, 4.69) is 0 Å². The van der Waals surface area contributed by atoms with Crippen LogP contribution in [0.5, 0.6) is 0 Å². The van der Waals surface area contributed by atoms with Crippen LogP contribution in [0, 0.1) is 11.7 Å². The quantitative estimate of drug-likeness (QED) is 0.840. The summed E-state index contributed by atoms with van der Waals surface area (Å²) in [7, 11) is 0. The summed E-state index contributed by atoms with van der Waals surface area (Å²) in [5, 5.41) is 0.250. The molecule has 1 aromatic carbocycles. The first kappa shape index (κ1) is 10.9. The first-order chi connectivity index (χ1) is 7.18. The van der Waals surface area contributed by atoms with Crippen molar-refractivity contribution in [2.45, 2.75) is 31.7 Å². The zero-order valence-electron chi connectivity index (χ0n) is 8.55. The van der Waals surface area contributed by atoms with Gasteiger partial charge in [0.25, 0.3) is 0 Å². The van der Waals surface area contributed by atoms with Gasteiger partial charge in [-0.25, -0.2) is 4.39 Å². The van der Waals surface area contributed by atoms with Gasteiger partial charge in [-0.05, 0) is 43.2 Å².